The minimum absolute atomic E-state index is 0.0360. The van der Waals surface area contributed by atoms with E-state index in [0.717, 1.165) is 24.8 Å². The fourth-order valence-corrected chi connectivity index (χ4v) is 4.21. The molecule has 2 N–H and O–H groups in total. The average molecular weight is 339 g/mol. The second kappa shape index (κ2) is 8.42. The van der Waals surface area contributed by atoms with Crippen LogP contribution in [-0.2, 0) is 21.4 Å². The molecule has 0 saturated carbocycles. The Hall–Kier alpha value is -1.44. The molecule has 0 spiro atoms. The van der Waals surface area contributed by atoms with Gasteiger partial charge >= 0.3 is 0 Å². The van der Waals surface area contributed by atoms with Crippen LogP contribution < -0.4 is 10.0 Å². The van der Waals surface area contributed by atoms with Crippen molar-refractivity contribution in [2.45, 2.75) is 38.6 Å². The molecule has 0 unspecified atom stereocenters. The van der Waals surface area contributed by atoms with Crippen LogP contribution in [0.4, 0.5) is 0 Å². The van der Waals surface area contributed by atoms with Gasteiger partial charge in [0, 0.05) is 25.7 Å². The van der Waals surface area contributed by atoms with Crippen molar-refractivity contribution in [1.82, 2.24) is 14.3 Å². The normalized spacial score (nSPS) is 19.4. The number of hydrogen-bond donors (Lipinski definition) is 2. The van der Waals surface area contributed by atoms with E-state index in [-0.39, 0.29) is 25.0 Å². The predicted molar refractivity (Wildman–Crippen MR) is 90.1 cm³/mol. The van der Waals surface area contributed by atoms with E-state index >= 15 is 0 Å². The average Bonchev–Trinajstić information content (AvgIpc) is 2.53. The Morgan fingerprint density at radius 2 is 1.96 bits per heavy atom. The van der Waals surface area contributed by atoms with Gasteiger partial charge in [-0.2, -0.15) is 12.7 Å². The molecule has 128 valence electrons. The monoisotopic (exact) mass is 339 g/mol. The fraction of sp³-hybridized carbons (Fsp3) is 0.562. The SMILES string of the molecule is C[C@@H]1CCCCN1S(=O)(=O)NCCNC(=O)Cc1ccccc1. The lowest BCUT2D eigenvalue weighted by molar-refractivity contribution is -0.120. The summed E-state index contributed by atoms with van der Waals surface area (Å²) in [5.74, 6) is -0.110. The Bertz CT molecular complexity index is 604. The number of carbonyl (C=O) groups excluding carboxylic acids is 1. The summed E-state index contributed by atoms with van der Waals surface area (Å²) in [6, 6.07) is 9.49. The molecule has 1 atom stereocenters. The van der Waals surface area contributed by atoms with Gasteiger partial charge in [0.05, 0.1) is 6.42 Å². The van der Waals surface area contributed by atoms with Crippen molar-refractivity contribution in [1.29, 1.82) is 0 Å². The lowest BCUT2D eigenvalue weighted by atomic mass is 10.1. The summed E-state index contributed by atoms with van der Waals surface area (Å²) >= 11 is 0. The molecule has 0 aromatic heterocycles. The molecule has 2 rings (SSSR count). The van der Waals surface area contributed by atoms with E-state index in [9.17, 15) is 13.2 Å². The van der Waals surface area contributed by atoms with Gasteiger partial charge in [0.15, 0.2) is 0 Å². The second-order valence-electron chi connectivity index (χ2n) is 5.87. The summed E-state index contributed by atoms with van der Waals surface area (Å²) in [6.07, 6.45) is 3.17. The highest BCUT2D eigenvalue weighted by Gasteiger charge is 2.28. The number of piperidine rings is 1. The van der Waals surface area contributed by atoms with Crippen LogP contribution in [0.2, 0.25) is 0 Å². The zero-order chi connectivity index (χ0) is 16.7. The Morgan fingerprint density at radius 1 is 1.22 bits per heavy atom. The molecule has 0 aliphatic carbocycles. The van der Waals surface area contributed by atoms with E-state index in [1.54, 1.807) is 0 Å². The summed E-state index contributed by atoms with van der Waals surface area (Å²) in [7, 11) is -3.46. The highest BCUT2D eigenvalue weighted by Crippen LogP contribution is 2.18. The number of amides is 1. The predicted octanol–water partition coefficient (Wildman–Crippen LogP) is 1.05. The third kappa shape index (κ3) is 5.60. The van der Waals surface area contributed by atoms with E-state index in [2.05, 4.69) is 10.0 Å². The number of benzene rings is 1. The molecule has 0 bridgehead atoms. The van der Waals surface area contributed by atoms with Gasteiger partial charge in [0.2, 0.25) is 5.91 Å². The van der Waals surface area contributed by atoms with Crippen molar-refractivity contribution in [3.63, 3.8) is 0 Å². The number of rotatable bonds is 7. The van der Waals surface area contributed by atoms with Crippen LogP contribution >= 0.6 is 0 Å². The molecule has 0 radical (unpaired) electrons. The first-order chi connectivity index (χ1) is 11.0. The Balaban J connectivity index is 1.71. The zero-order valence-corrected chi connectivity index (χ0v) is 14.3. The van der Waals surface area contributed by atoms with E-state index in [4.69, 9.17) is 0 Å². The van der Waals surface area contributed by atoms with Crippen molar-refractivity contribution in [2.24, 2.45) is 0 Å². The van der Waals surface area contributed by atoms with Crippen molar-refractivity contribution in [3.8, 4) is 0 Å². The molecule has 23 heavy (non-hydrogen) atoms. The standard InChI is InChI=1S/C16H25N3O3S/c1-14-7-5-6-12-19(14)23(21,22)18-11-10-17-16(20)13-15-8-3-2-4-9-15/h2-4,8-9,14,18H,5-7,10-13H2,1H3,(H,17,20)/t14-/m1/s1. The largest absolute Gasteiger partial charge is 0.354 e. The maximum atomic E-state index is 12.2. The fourth-order valence-electron chi connectivity index (χ4n) is 2.74. The molecule has 7 heteroatoms. The molecule has 1 aliphatic rings. The van der Waals surface area contributed by atoms with E-state index in [1.807, 2.05) is 37.3 Å². The van der Waals surface area contributed by atoms with Crippen LogP contribution in [0, 0.1) is 0 Å². The topological polar surface area (TPSA) is 78.5 Å². The van der Waals surface area contributed by atoms with Gasteiger partial charge in [-0.1, -0.05) is 36.8 Å². The van der Waals surface area contributed by atoms with Gasteiger partial charge < -0.3 is 5.32 Å². The van der Waals surface area contributed by atoms with Crippen LogP contribution in [0.25, 0.3) is 0 Å². The highest BCUT2D eigenvalue weighted by molar-refractivity contribution is 7.87. The summed E-state index contributed by atoms with van der Waals surface area (Å²) in [6.45, 7) is 2.98. The van der Waals surface area contributed by atoms with Crippen LogP contribution in [0.3, 0.4) is 0 Å². The number of nitrogens with one attached hydrogen (secondary N) is 2. The van der Waals surface area contributed by atoms with Crippen molar-refractivity contribution in [3.05, 3.63) is 35.9 Å². The number of nitrogens with zero attached hydrogens (tertiary/aromatic N) is 1. The molecule has 1 aromatic carbocycles. The molecule has 1 aromatic rings. The molecule has 1 aliphatic heterocycles. The quantitative estimate of drug-likeness (QED) is 0.729. The number of carbonyl (C=O) groups is 1. The van der Waals surface area contributed by atoms with Crippen LogP contribution in [0.5, 0.6) is 0 Å². The van der Waals surface area contributed by atoms with Crippen molar-refractivity contribution < 1.29 is 13.2 Å². The van der Waals surface area contributed by atoms with Gasteiger partial charge in [-0.25, -0.2) is 4.72 Å². The highest BCUT2D eigenvalue weighted by atomic mass is 32.2. The van der Waals surface area contributed by atoms with Gasteiger partial charge in [0.25, 0.3) is 10.2 Å². The van der Waals surface area contributed by atoms with Gasteiger partial charge in [0.1, 0.15) is 0 Å². The van der Waals surface area contributed by atoms with E-state index < -0.39 is 10.2 Å². The summed E-state index contributed by atoms with van der Waals surface area (Å²) in [5.41, 5.74) is 0.938. The first kappa shape index (κ1) is 17.9. The molecule has 1 saturated heterocycles. The lowest BCUT2D eigenvalue weighted by Crippen LogP contribution is -2.49. The number of hydrogen-bond acceptors (Lipinski definition) is 3. The van der Waals surface area contributed by atoms with Crippen LogP contribution in [0.15, 0.2) is 30.3 Å². The van der Waals surface area contributed by atoms with Gasteiger partial charge in [-0.15, -0.1) is 0 Å². The minimum Gasteiger partial charge on any atom is -0.354 e. The molecule has 6 nitrogen and oxygen atoms in total. The maximum absolute atomic E-state index is 12.2. The van der Waals surface area contributed by atoms with Crippen LogP contribution in [0.1, 0.15) is 31.7 Å². The van der Waals surface area contributed by atoms with Crippen LogP contribution in [-0.4, -0.2) is 44.3 Å². The van der Waals surface area contributed by atoms with Gasteiger partial charge in [-0.05, 0) is 25.3 Å². The summed E-state index contributed by atoms with van der Waals surface area (Å²) < 4.78 is 28.5. The Kier molecular flexibility index (Phi) is 6.56. The van der Waals surface area contributed by atoms with Gasteiger partial charge in [-0.3, -0.25) is 4.79 Å². The van der Waals surface area contributed by atoms with Crippen molar-refractivity contribution in [2.75, 3.05) is 19.6 Å². The maximum Gasteiger partial charge on any atom is 0.279 e. The molecule has 1 fully saturated rings. The molecule has 1 amide bonds. The lowest BCUT2D eigenvalue weighted by Gasteiger charge is -2.32. The third-order valence-electron chi connectivity index (χ3n) is 3.99. The molecule has 1 heterocycles. The van der Waals surface area contributed by atoms with E-state index in [0.29, 0.717) is 13.0 Å². The molecular formula is C16H25N3O3S. The first-order valence-corrected chi connectivity index (χ1v) is 9.50. The zero-order valence-electron chi connectivity index (χ0n) is 13.5. The minimum atomic E-state index is -3.46. The first-order valence-electron chi connectivity index (χ1n) is 8.06. The summed E-state index contributed by atoms with van der Waals surface area (Å²) in [4.78, 5) is 11.8. The van der Waals surface area contributed by atoms with E-state index in [1.165, 1.54) is 4.31 Å². The van der Waals surface area contributed by atoms with Crippen molar-refractivity contribution >= 4 is 16.1 Å². The second-order valence-corrected chi connectivity index (χ2v) is 7.58. The Morgan fingerprint density at radius 3 is 2.65 bits per heavy atom. The third-order valence-corrected chi connectivity index (χ3v) is 5.72. The summed E-state index contributed by atoms with van der Waals surface area (Å²) in [5, 5.41) is 2.73. The Labute approximate surface area is 138 Å². The molecular weight excluding hydrogens is 314 g/mol. The smallest absolute Gasteiger partial charge is 0.279 e.